The summed E-state index contributed by atoms with van der Waals surface area (Å²) >= 11 is 0. The molecule has 0 bridgehead atoms. The molecule has 1 aromatic carbocycles. The van der Waals surface area contributed by atoms with E-state index in [0.717, 1.165) is 12.1 Å². The number of rotatable bonds is 8. The van der Waals surface area contributed by atoms with Crippen LogP contribution in [0.25, 0.3) is 0 Å². The number of hydrogen-bond donors (Lipinski definition) is 2. The fourth-order valence-corrected chi connectivity index (χ4v) is 2.93. The summed E-state index contributed by atoms with van der Waals surface area (Å²) in [7, 11) is -4.23. The predicted octanol–water partition coefficient (Wildman–Crippen LogP) is 1.17. The van der Waals surface area contributed by atoms with Gasteiger partial charge in [-0.2, -0.15) is 0 Å². The Morgan fingerprint density at radius 2 is 1.79 bits per heavy atom. The average Bonchev–Trinajstić information content (AvgIpc) is 2.37. The molecule has 5 nitrogen and oxygen atoms in total. The normalized spacial score (nSPS) is 13.2. The fourth-order valence-electron chi connectivity index (χ4n) is 1.41. The lowest BCUT2D eigenvalue weighted by atomic mass is 10.3. The third-order valence-electron chi connectivity index (χ3n) is 2.43. The van der Waals surface area contributed by atoms with Gasteiger partial charge in [-0.25, -0.2) is 13.1 Å². The van der Waals surface area contributed by atoms with E-state index in [1.807, 2.05) is 6.92 Å². The second-order valence-corrected chi connectivity index (χ2v) is 7.45. The van der Waals surface area contributed by atoms with Gasteiger partial charge in [0.15, 0.2) is 0 Å². The summed E-state index contributed by atoms with van der Waals surface area (Å²) in [4.78, 5) is 0.255. The topological polar surface area (TPSA) is 75.3 Å². The molecule has 0 amide bonds. The van der Waals surface area contributed by atoms with Crippen molar-refractivity contribution in [2.45, 2.75) is 18.2 Å². The summed E-state index contributed by atoms with van der Waals surface area (Å²) in [6, 6.07) is 6.53. The molecule has 1 rings (SSSR count). The van der Waals surface area contributed by atoms with Crippen molar-refractivity contribution < 1.29 is 12.6 Å². The Morgan fingerprint density at radius 3 is 2.32 bits per heavy atom. The molecule has 1 aromatic rings. The molecule has 19 heavy (non-hydrogen) atoms. The molecule has 0 heterocycles. The molecule has 0 aliphatic carbocycles. The lowest BCUT2D eigenvalue weighted by Crippen LogP contribution is -2.24. The average molecular weight is 304 g/mol. The van der Waals surface area contributed by atoms with Crippen LogP contribution >= 0.6 is 0 Å². The predicted molar refractivity (Wildman–Crippen MR) is 79.3 cm³/mol. The van der Waals surface area contributed by atoms with Crippen LogP contribution in [0.1, 0.15) is 13.3 Å². The maximum Gasteiger partial charge on any atom is 0.240 e. The van der Waals surface area contributed by atoms with E-state index in [1.54, 1.807) is 30.5 Å². The first-order valence-corrected chi connectivity index (χ1v) is 9.30. The first kappa shape index (κ1) is 16.1. The molecule has 1 unspecified atom stereocenters. The third kappa shape index (κ3) is 5.71. The number of hydrogen-bond acceptors (Lipinski definition) is 4. The van der Waals surface area contributed by atoms with E-state index < -0.39 is 20.8 Å². The van der Waals surface area contributed by atoms with E-state index in [0.29, 0.717) is 18.8 Å². The Balaban J connectivity index is 2.63. The number of benzene rings is 1. The van der Waals surface area contributed by atoms with Crippen LogP contribution in [0.15, 0.2) is 29.2 Å². The lowest BCUT2D eigenvalue weighted by molar-refractivity contribution is 0.581. The second-order valence-electron chi connectivity index (χ2n) is 4.13. The SMILES string of the molecule is CCCNS(=O)(=O)c1ccc(NCCS(C)=O)cc1. The van der Waals surface area contributed by atoms with Gasteiger partial charge in [0.1, 0.15) is 0 Å². The van der Waals surface area contributed by atoms with E-state index in [2.05, 4.69) is 10.0 Å². The molecule has 108 valence electrons. The molecule has 0 aromatic heterocycles. The Labute approximate surface area is 117 Å². The summed E-state index contributed by atoms with van der Waals surface area (Å²) in [6.45, 7) is 2.95. The Hall–Kier alpha value is -0.920. The summed E-state index contributed by atoms with van der Waals surface area (Å²) in [5.74, 6) is 0.568. The summed E-state index contributed by atoms with van der Waals surface area (Å²) in [5, 5.41) is 3.09. The van der Waals surface area contributed by atoms with Gasteiger partial charge in [0.05, 0.1) is 4.90 Å². The van der Waals surface area contributed by atoms with Crippen molar-refractivity contribution in [1.29, 1.82) is 0 Å². The van der Waals surface area contributed by atoms with Crippen molar-refractivity contribution in [3.63, 3.8) is 0 Å². The van der Waals surface area contributed by atoms with E-state index in [-0.39, 0.29) is 4.90 Å². The van der Waals surface area contributed by atoms with Crippen molar-refractivity contribution in [1.82, 2.24) is 4.72 Å². The maximum atomic E-state index is 11.8. The standard InChI is InChI=1S/C12H20N2O3S2/c1-3-8-14-19(16,17)12-6-4-11(5-7-12)13-9-10-18(2)15/h4-7,13-14H,3,8-10H2,1-2H3. The van der Waals surface area contributed by atoms with Crippen LogP contribution in [0.3, 0.4) is 0 Å². The zero-order valence-corrected chi connectivity index (χ0v) is 12.8. The molecular weight excluding hydrogens is 284 g/mol. The Bertz CT molecular complexity index is 512. The molecule has 0 aliphatic rings. The van der Waals surface area contributed by atoms with Gasteiger partial charge in [-0.15, -0.1) is 0 Å². The first-order valence-electron chi connectivity index (χ1n) is 6.09. The molecule has 0 aliphatic heterocycles. The van der Waals surface area contributed by atoms with Gasteiger partial charge in [-0.05, 0) is 30.7 Å². The molecule has 0 fully saturated rings. The number of sulfonamides is 1. The summed E-state index contributed by atoms with van der Waals surface area (Å²) in [5.41, 5.74) is 0.819. The summed E-state index contributed by atoms with van der Waals surface area (Å²) in [6.07, 6.45) is 2.41. The first-order chi connectivity index (χ1) is 8.95. The van der Waals surface area contributed by atoms with Gasteiger partial charge in [0, 0.05) is 41.6 Å². The van der Waals surface area contributed by atoms with Crippen molar-refractivity contribution in [3.05, 3.63) is 24.3 Å². The molecule has 0 saturated carbocycles. The molecule has 1 atom stereocenters. The van der Waals surface area contributed by atoms with E-state index in [1.165, 1.54) is 0 Å². The Morgan fingerprint density at radius 1 is 1.16 bits per heavy atom. The van der Waals surface area contributed by atoms with Gasteiger partial charge >= 0.3 is 0 Å². The number of anilines is 1. The van der Waals surface area contributed by atoms with Crippen molar-refractivity contribution in [2.24, 2.45) is 0 Å². The van der Waals surface area contributed by atoms with Crippen LogP contribution in [0.4, 0.5) is 5.69 Å². The minimum Gasteiger partial charge on any atom is -0.384 e. The fraction of sp³-hybridized carbons (Fsp3) is 0.500. The van der Waals surface area contributed by atoms with Crippen molar-refractivity contribution in [2.75, 3.05) is 30.4 Å². The van der Waals surface area contributed by atoms with E-state index >= 15 is 0 Å². The van der Waals surface area contributed by atoms with Crippen LogP contribution in [0, 0.1) is 0 Å². The van der Waals surface area contributed by atoms with Crippen LogP contribution in [-0.2, 0) is 20.8 Å². The highest BCUT2D eigenvalue weighted by molar-refractivity contribution is 7.89. The van der Waals surface area contributed by atoms with Crippen molar-refractivity contribution in [3.8, 4) is 0 Å². The minimum atomic E-state index is -3.40. The highest BCUT2D eigenvalue weighted by atomic mass is 32.2. The van der Waals surface area contributed by atoms with Crippen LogP contribution in [0.5, 0.6) is 0 Å². The zero-order chi connectivity index (χ0) is 14.3. The maximum absolute atomic E-state index is 11.8. The van der Waals surface area contributed by atoms with Gasteiger partial charge < -0.3 is 5.32 Å². The smallest absolute Gasteiger partial charge is 0.240 e. The molecule has 0 saturated heterocycles. The van der Waals surface area contributed by atoms with E-state index in [9.17, 15) is 12.6 Å². The lowest BCUT2D eigenvalue weighted by Gasteiger charge is -2.08. The van der Waals surface area contributed by atoms with E-state index in [4.69, 9.17) is 0 Å². The van der Waals surface area contributed by atoms with Gasteiger partial charge in [0.2, 0.25) is 10.0 Å². The quantitative estimate of drug-likeness (QED) is 0.756. The van der Waals surface area contributed by atoms with Gasteiger partial charge in [-0.1, -0.05) is 6.92 Å². The van der Waals surface area contributed by atoms with Gasteiger partial charge in [0.25, 0.3) is 0 Å². The highest BCUT2D eigenvalue weighted by Gasteiger charge is 2.12. The molecule has 7 heteroatoms. The molecule has 0 radical (unpaired) electrons. The van der Waals surface area contributed by atoms with Crippen molar-refractivity contribution >= 4 is 26.5 Å². The van der Waals surface area contributed by atoms with Crippen LogP contribution in [0.2, 0.25) is 0 Å². The third-order valence-corrected chi connectivity index (χ3v) is 4.68. The zero-order valence-electron chi connectivity index (χ0n) is 11.2. The Kier molecular flexibility index (Phi) is 6.47. The second kappa shape index (κ2) is 7.62. The highest BCUT2D eigenvalue weighted by Crippen LogP contribution is 2.13. The monoisotopic (exact) mass is 304 g/mol. The minimum absolute atomic E-state index is 0.255. The molecular formula is C12H20N2O3S2. The van der Waals surface area contributed by atoms with Crippen LogP contribution in [-0.4, -0.2) is 37.7 Å². The largest absolute Gasteiger partial charge is 0.384 e. The van der Waals surface area contributed by atoms with Crippen LogP contribution < -0.4 is 10.0 Å². The number of nitrogens with one attached hydrogen (secondary N) is 2. The molecule has 2 N–H and O–H groups in total. The molecule has 0 spiro atoms. The van der Waals surface area contributed by atoms with Gasteiger partial charge in [-0.3, -0.25) is 4.21 Å². The summed E-state index contributed by atoms with van der Waals surface area (Å²) < 4.78 is 37.1.